The summed E-state index contributed by atoms with van der Waals surface area (Å²) in [5.41, 5.74) is 0.850. The molecule has 0 saturated carbocycles. The minimum absolute atomic E-state index is 0.0171. The van der Waals surface area contributed by atoms with Gasteiger partial charge in [0, 0.05) is 29.3 Å². The van der Waals surface area contributed by atoms with Gasteiger partial charge in [-0.2, -0.15) is 0 Å². The highest BCUT2D eigenvalue weighted by Crippen LogP contribution is 2.19. The molecule has 0 aliphatic rings. The van der Waals surface area contributed by atoms with E-state index >= 15 is 0 Å². The number of hydrogen-bond donors (Lipinski definition) is 0. The molecule has 7 heteroatoms. The molecule has 0 radical (unpaired) electrons. The van der Waals surface area contributed by atoms with Crippen LogP contribution in [0, 0.1) is 23.3 Å². The fourth-order valence-corrected chi connectivity index (χ4v) is 3.50. The second kappa shape index (κ2) is 10.2. The molecule has 0 bridgehead atoms. The molecule has 0 fully saturated rings. The van der Waals surface area contributed by atoms with E-state index in [2.05, 4.69) is 0 Å². The molecule has 0 saturated heterocycles. The van der Waals surface area contributed by atoms with Crippen molar-refractivity contribution in [3.63, 3.8) is 0 Å². The van der Waals surface area contributed by atoms with Gasteiger partial charge in [0.05, 0.1) is 0 Å². The molecule has 0 N–H and O–H groups in total. The summed E-state index contributed by atoms with van der Waals surface area (Å²) in [7, 11) is 0. The van der Waals surface area contributed by atoms with Crippen molar-refractivity contribution < 1.29 is 27.0 Å². The third-order valence-electron chi connectivity index (χ3n) is 5.00. The zero-order valence-electron chi connectivity index (χ0n) is 17.7. The van der Waals surface area contributed by atoms with Crippen molar-refractivity contribution in [2.24, 2.45) is 0 Å². The first kappa shape index (κ1) is 23.0. The van der Waals surface area contributed by atoms with Crippen molar-refractivity contribution in [2.45, 2.75) is 0 Å². The van der Waals surface area contributed by atoms with Gasteiger partial charge in [-0.3, -0.25) is 4.79 Å². The number of halogens is 4. The standard InChI is InChI=1S/C27H17BF4O2/c29-22-11-20(12-23(30)15-22)28(21-13-24(31)16-25(32)14-21)34-27(19-9-5-2-6-10-19)17-26(33)18-7-3-1-4-8-18/h1-17H/b27-17-. The third-order valence-corrected chi connectivity index (χ3v) is 5.00. The van der Waals surface area contributed by atoms with E-state index in [4.69, 9.17) is 4.65 Å². The zero-order chi connectivity index (χ0) is 24.1. The fourth-order valence-electron chi connectivity index (χ4n) is 3.50. The van der Waals surface area contributed by atoms with Gasteiger partial charge in [0.25, 0.3) is 0 Å². The van der Waals surface area contributed by atoms with Crippen molar-refractivity contribution in [3.05, 3.63) is 138 Å². The Bertz CT molecular complexity index is 1250. The van der Waals surface area contributed by atoms with Crippen molar-refractivity contribution in [3.8, 4) is 0 Å². The highest BCUT2D eigenvalue weighted by Gasteiger charge is 2.28. The van der Waals surface area contributed by atoms with Crippen LogP contribution in [0.1, 0.15) is 15.9 Å². The SMILES string of the molecule is O=C(/C=C(\OB(c1cc(F)cc(F)c1)c1cc(F)cc(F)c1)c1ccccc1)c1ccccc1. The van der Waals surface area contributed by atoms with Gasteiger partial charge in [-0.1, -0.05) is 60.7 Å². The molecule has 0 aliphatic heterocycles. The average Bonchev–Trinajstić information content (AvgIpc) is 2.81. The predicted octanol–water partition coefficient (Wildman–Crippen LogP) is 5.29. The summed E-state index contributed by atoms with van der Waals surface area (Å²) in [5.74, 6) is -3.85. The second-order valence-electron chi connectivity index (χ2n) is 7.51. The van der Waals surface area contributed by atoms with Gasteiger partial charge in [0.1, 0.15) is 29.0 Å². The fraction of sp³-hybridized carbons (Fsp3) is 0. The van der Waals surface area contributed by atoms with Crippen LogP contribution < -0.4 is 10.9 Å². The monoisotopic (exact) mass is 460 g/mol. The van der Waals surface area contributed by atoms with E-state index in [-0.39, 0.29) is 22.5 Å². The lowest BCUT2D eigenvalue weighted by molar-refractivity contribution is 0.104. The predicted molar refractivity (Wildman–Crippen MR) is 124 cm³/mol. The lowest BCUT2D eigenvalue weighted by Gasteiger charge is -2.20. The molecule has 168 valence electrons. The lowest BCUT2D eigenvalue weighted by atomic mass is 9.55. The molecule has 4 aromatic carbocycles. The topological polar surface area (TPSA) is 26.3 Å². The number of carbonyl (C=O) groups excluding carboxylic acids is 1. The number of carbonyl (C=O) groups is 1. The molecule has 0 aliphatic carbocycles. The number of benzene rings is 4. The van der Waals surface area contributed by atoms with Crippen molar-refractivity contribution in [1.29, 1.82) is 0 Å². The molecule has 0 spiro atoms. The van der Waals surface area contributed by atoms with E-state index in [1.165, 1.54) is 6.08 Å². The normalized spacial score (nSPS) is 11.2. The molecule has 0 heterocycles. The largest absolute Gasteiger partial charge is 0.551 e. The quantitative estimate of drug-likeness (QED) is 0.123. The average molecular weight is 460 g/mol. The summed E-state index contributed by atoms with van der Waals surface area (Å²) in [6, 6.07) is 22.4. The minimum Gasteiger partial charge on any atom is -0.551 e. The molecule has 34 heavy (non-hydrogen) atoms. The van der Waals surface area contributed by atoms with Gasteiger partial charge in [-0.15, -0.1) is 0 Å². The molecular weight excluding hydrogens is 443 g/mol. The van der Waals surface area contributed by atoms with E-state index in [1.807, 2.05) is 0 Å². The highest BCUT2D eigenvalue weighted by atomic mass is 19.1. The van der Waals surface area contributed by atoms with Gasteiger partial charge in [0.2, 0.25) is 0 Å². The molecule has 0 atom stereocenters. The lowest BCUT2D eigenvalue weighted by Crippen LogP contribution is -2.45. The number of ketones is 1. The van der Waals surface area contributed by atoms with Crippen LogP contribution >= 0.6 is 0 Å². The Morgan fingerprint density at radius 2 is 1.03 bits per heavy atom. The van der Waals surface area contributed by atoms with Crippen LogP contribution in [0.4, 0.5) is 17.6 Å². The molecule has 2 nitrogen and oxygen atoms in total. The number of hydrogen-bond acceptors (Lipinski definition) is 2. The first-order valence-electron chi connectivity index (χ1n) is 10.3. The van der Waals surface area contributed by atoms with E-state index in [9.17, 15) is 22.4 Å². The Morgan fingerprint density at radius 1 is 0.618 bits per heavy atom. The van der Waals surface area contributed by atoms with Crippen LogP contribution in [0.2, 0.25) is 0 Å². The Hall–Kier alpha value is -4.13. The highest BCUT2D eigenvalue weighted by molar-refractivity contribution is 6.80. The molecule has 4 aromatic rings. The van der Waals surface area contributed by atoms with E-state index in [1.54, 1.807) is 60.7 Å². The van der Waals surface area contributed by atoms with Gasteiger partial charge < -0.3 is 4.65 Å². The Morgan fingerprint density at radius 3 is 1.47 bits per heavy atom. The molecular formula is C27H17BF4O2. The minimum atomic E-state index is -1.31. The molecule has 0 aromatic heterocycles. The van der Waals surface area contributed by atoms with Gasteiger partial charge in [-0.05, 0) is 35.2 Å². The Balaban J connectivity index is 1.84. The maximum absolute atomic E-state index is 14.0. The summed E-state index contributed by atoms with van der Waals surface area (Å²) < 4.78 is 62.3. The van der Waals surface area contributed by atoms with E-state index < -0.39 is 30.2 Å². The van der Waals surface area contributed by atoms with Crippen molar-refractivity contribution in [1.82, 2.24) is 0 Å². The van der Waals surface area contributed by atoms with Crippen LogP contribution in [-0.4, -0.2) is 12.7 Å². The summed E-state index contributed by atoms with van der Waals surface area (Å²) in [6.07, 6.45) is 1.24. The van der Waals surface area contributed by atoms with Gasteiger partial charge in [-0.25, -0.2) is 17.6 Å². The number of allylic oxidation sites excluding steroid dienone is 1. The van der Waals surface area contributed by atoms with Crippen LogP contribution in [0.5, 0.6) is 0 Å². The Kier molecular flexibility index (Phi) is 6.92. The smallest absolute Gasteiger partial charge is 0.426 e. The van der Waals surface area contributed by atoms with Crippen LogP contribution in [0.3, 0.4) is 0 Å². The summed E-state index contributed by atoms with van der Waals surface area (Å²) in [4.78, 5) is 12.9. The first-order chi connectivity index (χ1) is 16.4. The summed E-state index contributed by atoms with van der Waals surface area (Å²) in [5, 5.41) is 0. The Labute approximate surface area is 194 Å². The van der Waals surface area contributed by atoms with Crippen LogP contribution in [0.25, 0.3) is 5.76 Å². The summed E-state index contributed by atoms with van der Waals surface area (Å²) >= 11 is 0. The molecule has 0 unspecified atom stereocenters. The van der Waals surface area contributed by atoms with Gasteiger partial charge >= 0.3 is 6.92 Å². The van der Waals surface area contributed by atoms with Gasteiger partial charge in [0.15, 0.2) is 5.78 Å². The van der Waals surface area contributed by atoms with Crippen LogP contribution in [-0.2, 0) is 4.65 Å². The van der Waals surface area contributed by atoms with Crippen LogP contribution in [0.15, 0.2) is 103 Å². The molecule has 0 amide bonds. The van der Waals surface area contributed by atoms with E-state index in [0.29, 0.717) is 23.3 Å². The molecule has 4 rings (SSSR count). The van der Waals surface area contributed by atoms with E-state index in [0.717, 1.165) is 24.3 Å². The summed E-state index contributed by atoms with van der Waals surface area (Å²) in [6.45, 7) is -1.31. The number of rotatable bonds is 7. The third kappa shape index (κ3) is 5.62. The zero-order valence-corrected chi connectivity index (χ0v) is 17.7. The second-order valence-corrected chi connectivity index (χ2v) is 7.51. The first-order valence-corrected chi connectivity index (χ1v) is 10.3. The maximum atomic E-state index is 14.0. The maximum Gasteiger partial charge on any atom is 0.426 e. The van der Waals surface area contributed by atoms with Crippen molar-refractivity contribution in [2.75, 3.05) is 0 Å². The van der Waals surface area contributed by atoms with Crippen molar-refractivity contribution >= 4 is 29.4 Å².